The zero-order valence-electron chi connectivity index (χ0n) is 18.6. The number of benzene rings is 1. The molecule has 168 valence electrons. The Morgan fingerprint density at radius 3 is 2.48 bits per heavy atom. The van der Waals surface area contributed by atoms with Crippen LogP contribution in [0.25, 0.3) is 10.9 Å². The Hall–Kier alpha value is -1.93. The van der Waals surface area contributed by atoms with Crippen LogP contribution in [-0.2, 0) is 4.74 Å². The molecule has 8 heteroatoms. The van der Waals surface area contributed by atoms with Gasteiger partial charge >= 0.3 is 6.09 Å². The fourth-order valence-corrected chi connectivity index (χ4v) is 4.88. The SMILES string of the molecule is CC(C)(C)OC(=O)N1CCN([C@H]2CC[C@H](Nc3ncnc4ccc(Br)cc34)CC2)CC1. The summed E-state index contributed by atoms with van der Waals surface area (Å²) in [6.45, 7) is 9.08. The Kier molecular flexibility index (Phi) is 6.67. The molecule has 1 aliphatic heterocycles. The van der Waals surface area contributed by atoms with Crippen LogP contribution in [0.5, 0.6) is 0 Å². The Labute approximate surface area is 192 Å². The van der Waals surface area contributed by atoms with Gasteiger partial charge in [-0.3, -0.25) is 4.90 Å². The van der Waals surface area contributed by atoms with Crippen LogP contribution in [0, 0.1) is 0 Å². The number of anilines is 1. The van der Waals surface area contributed by atoms with Gasteiger partial charge in [0.2, 0.25) is 0 Å². The minimum absolute atomic E-state index is 0.191. The van der Waals surface area contributed by atoms with Crippen LogP contribution >= 0.6 is 15.9 Å². The quantitative estimate of drug-likeness (QED) is 0.675. The topological polar surface area (TPSA) is 70.6 Å². The predicted molar refractivity (Wildman–Crippen MR) is 126 cm³/mol. The van der Waals surface area contributed by atoms with Gasteiger partial charge in [0.05, 0.1) is 5.52 Å². The number of hydrogen-bond acceptors (Lipinski definition) is 6. The number of piperazine rings is 1. The number of nitrogens with zero attached hydrogens (tertiary/aromatic N) is 4. The first-order valence-corrected chi connectivity index (χ1v) is 12.0. The first kappa shape index (κ1) is 22.3. The number of hydrogen-bond donors (Lipinski definition) is 1. The zero-order valence-corrected chi connectivity index (χ0v) is 20.2. The van der Waals surface area contributed by atoms with Crippen molar-refractivity contribution >= 4 is 38.7 Å². The molecule has 1 aromatic heterocycles. The van der Waals surface area contributed by atoms with Gasteiger partial charge < -0.3 is 15.0 Å². The molecule has 1 aliphatic carbocycles. The number of carbonyl (C=O) groups is 1. The van der Waals surface area contributed by atoms with Gasteiger partial charge in [0.1, 0.15) is 17.7 Å². The van der Waals surface area contributed by atoms with E-state index in [9.17, 15) is 4.79 Å². The van der Waals surface area contributed by atoms with Crippen molar-refractivity contribution in [2.75, 3.05) is 31.5 Å². The van der Waals surface area contributed by atoms with Crippen molar-refractivity contribution in [1.82, 2.24) is 19.8 Å². The highest BCUT2D eigenvalue weighted by Gasteiger charge is 2.31. The number of aromatic nitrogens is 2. The second-order valence-corrected chi connectivity index (χ2v) is 10.5. The van der Waals surface area contributed by atoms with E-state index in [2.05, 4.69) is 42.2 Å². The highest BCUT2D eigenvalue weighted by Crippen LogP contribution is 2.29. The molecule has 0 spiro atoms. The lowest BCUT2D eigenvalue weighted by Gasteiger charge is -2.42. The molecule has 1 N–H and O–H groups in total. The van der Waals surface area contributed by atoms with E-state index in [-0.39, 0.29) is 6.09 Å². The van der Waals surface area contributed by atoms with E-state index in [0.29, 0.717) is 12.1 Å². The molecule has 4 rings (SSSR count). The van der Waals surface area contributed by atoms with Crippen LogP contribution in [0.1, 0.15) is 46.5 Å². The molecule has 7 nitrogen and oxygen atoms in total. The maximum absolute atomic E-state index is 12.3. The van der Waals surface area contributed by atoms with Gasteiger partial charge in [-0.1, -0.05) is 15.9 Å². The molecule has 1 saturated heterocycles. The maximum Gasteiger partial charge on any atom is 0.410 e. The van der Waals surface area contributed by atoms with Crippen molar-refractivity contribution in [3.8, 4) is 0 Å². The van der Waals surface area contributed by atoms with Crippen molar-refractivity contribution in [2.24, 2.45) is 0 Å². The zero-order chi connectivity index (χ0) is 22.0. The smallest absolute Gasteiger partial charge is 0.410 e. The average molecular weight is 490 g/mol. The van der Waals surface area contributed by atoms with Gasteiger partial charge in [-0.2, -0.15) is 0 Å². The summed E-state index contributed by atoms with van der Waals surface area (Å²) in [6, 6.07) is 7.12. The third-order valence-electron chi connectivity index (χ3n) is 6.12. The van der Waals surface area contributed by atoms with E-state index >= 15 is 0 Å². The van der Waals surface area contributed by atoms with E-state index in [1.54, 1.807) is 6.33 Å². The Balaban J connectivity index is 1.27. The lowest BCUT2D eigenvalue weighted by atomic mass is 9.89. The fourth-order valence-electron chi connectivity index (χ4n) is 4.52. The summed E-state index contributed by atoms with van der Waals surface area (Å²) in [7, 11) is 0. The molecule has 2 aliphatic rings. The monoisotopic (exact) mass is 489 g/mol. The predicted octanol–water partition coefficient (Wildman–Crippen LogP) is 4.67. The third kappa shape index (κ3) is 5.66. The number of halogens is 1. The molecular weight excluding hydrogens is 458 g/mol. The normalized spacial score (nSPS) is 23.0. The largest absolute Gasteiger partial charge is 0.444 e. The van der Waals surface area contributed by atoms with Crippen molar-refractivity contribution < 1.29 is 9.53 Å². The Bertz CT molecular complexity index is 916. The average Bonchev–Trinajstić information content (AvgIpc) is 2.74. The van der Waals surface area contributed by atoms with Gasteiger partial charge in [-0.05, 0) is 64.7 Å². The molecule has 1 saturated carbocycles. The van der Waals surface area contributed by atoms with Crippen molar-refractivity contribution in [3.63, 3.8) is 0 Å². The van der Waals surface area contributed by atoms with Crippen LogP contribution in [0.2, 0.25) is 0 Å². The Morgan fingerprint density at radius 2 is 1.81 bits per heavy atom. The fraction of sp³-hybridized carbons (Fsp3) is 0.609. The van der Waals surface area contributed by atoms with Crippen molar-refractivity contribution in [2.45, 2.75) is 64.1 Å². The van der Waals surface area contributed by atoms with Crippen LogP contribution in [0.15, 0.2) is 29.0 Å². The van der Waals surface area contributed by atoms with Crippen LogP contribution in [0.3, 0.4) is 0 Å². The molecule has 31 heavy (non-hydrogen) atoms. The molecule has 1 amide bonds. The van der Waals surface area contributed by atoms with E-state index in [0.717, 1.165) is 73.1 Å². The van der Waals surface area contributed by atoms with Gasteiger partial charge in [-0.15, -0.1) is 0 Å². The summed E-state index contributed by atoms with van der Waals surface area (Å²) in [5.41, 5.74) is 0.516. The molecule has 0 bridgehead atoms. The highest BCUT2D eigenvalue weighted by molar-refractivity contribution is 9.10. The summed E-state index contributed by atoms with van der Waals surface area (Å²) in [5.74, 6) is 0.917. The minimum Gasteiger partial charge on any atom is -0.444 e. The number of nitrogens with one attached hydrogen (secondary N) is 1. The molecule has 2 aromatic rings. The van der Waals surface area contributed by atoms with E-state index < -0.39 is 5.60 Å². The van der Waals surface area contributed by atoms with Gasteiger partial charge in [0.25, 0.3) is 0 Å². The molecule has 2 fully saturated rings. The maximum atomic E-state index is 12.3. The van der Waals surface area contributed by atoms with Crippen LogP contribution in [-0.4, -0.2) is 69.7 Å². The summed E-state index contributed by atoms with van der Waals surface area (Å²) in [5, 5.41) is 4.71. The number of rotatable bonds is 3. The third-order valence-corrected chi connectivity index (χ3v) is 6.61. The molecular formula is C23H32BrN5O2. The number of ether oxygens (including phenoxy) is 1. The first-order valence-electron chi connectivity index (χ1n) is 11.2. The van der Waals surface area contributed by atoms with Gasteiger partial charge in [-0.25, -0.2) is 14.8 Å². The lowest BCUT2D eigenvalue weighted by molar-refractivity contribution is 0.00806. The molecule has 0 radical (unpaired) electrons. The summed E-state index contributed by atoms with van der Waals surface area (Å²) in [4.78, 5) is 25.6. The molecule has 0 unspecified atom stereocenters. The van der Waals surface area contributed by atoms with Crippen molar-refractivity contribution in [1.29, 1.82) is 0 Å². The number of fused-ring (bicyclic) bond motifs is 1. The van der Waals surface area contributed by atoms with E-state index in [4.69, 9.17) is 4.74 Å². The van der Waals surface area contributed by atoms with Crippen LogP contribution < -0.4 is 5.32 Å². The summed E-state index contributed by atoms with van der Waals surface area (Å²) >= 11 is 3.55. The first-order chi connectivity index (χ1) is 14.8. The van der Waals surface area contributed by atoms with Crippen molar-refractivity contribution in [3.05, 3.63) is 29.0 Å². The molecule has 0 atom stereocenters. The minimum atomic E-state index is -0.440. The summed E-state index contributed by atoms with van der Waals surface area (Å²) in [6.07, 6.45) is 6.01. The molecule has 2 heterocycles. The number of carbonyl (C=O) groups excluding carboxylic acids is 1. The Morgan fingerprint density at radius 1 is 1.10 bits per heavy atom. The summed E-state index contributed by atoms with van der Waals surface area (Å²) < 4.78 is 6.55. The van der Waals surface area contributed by atoms with E-state index in [1.165, 1.54) is 0 Å². The second-order valence-electron chi connectivity index (χ2n) is 9.54. The molecule has 1 aromatic carbocycles. The van der Waals surface area contributed by atoms with Gasteiger partial charge in [0, 0.05) is 48.1 Å². The lowest BCUT2D eigenvalue weighted by Crippen LogP contribution is -2.53. The highest BCUT2D eigenvalue weighted by atomic mass is 79.9. The van der Waals surface area contributed by atoms with E-state index in [1.807, 2.05) is 37.8 Å². The number of amides is 1. The second kappa shape index (κ2) is 9.28. The standard InChI is InChI=1S/C23H32BrN5O2/c1-23(2,3)31-22(30)29-12-10-28(11-13-29)18-7-5-17(6-8-18)27-21-19-14-16(24)4-9-20(19)25-15-26-21/h4,9,14-15,17-18H,5-8,10-13H2,1-3H3,(H,25,26,27)/t17-,18-. The van der Waals surface area contributed by atoms with Gasteiger partial charge in [0.15, 0.2) is 0 Å². The van der Waals surface area contributed by atoms with Crippen LogP contribution in [0.4, 0.5) is 10.6 Å².